The molecule has 0 bridgehead atoms. The van der Waals surface area contributed by atoms with Crippen LogP contribution in [0.5, 0.6) is 0 Å². The molecule has 5 nitrogen and oxygen atoms in total. The predicted octanol–water partition coefficient (Wildman–Crippen LogP) is 12.9. The van der Waals surface area contributed by atoms with Gasteiger partial charge in [-0.1, -0.05) is 152 Å². The lowest BCUT2D eigenvalue weighted by Gasteiger charge is -2.17. The van der Waals surface area contributed by atoms with Gasteiger partial charge in [0.1, 0.15) is 11.2 Å². The zero-order valence-corrected chi connectivity index (χ0v) is 29.8. The number of benzene rings is 7. The maximum atomic E-state index is 6.74. The normalized spacial score (nSPS) is 13.2. The SMILES string of the molecule is C1=C(c2nc(-c3ccccc3)nc(-c3ccccc3)n2)CCC(c2nc3c(-c4cc5ccccc5c5ccccc45)cccc3c3oc4ccccc4c23)=C1. The Bertz CT molecular complexity index is 3140. The number of rotatable bonds is 5. The van der Waals surface area contributed by atoms with E-state index in [4.69, 9.17) is 24.4 Å². The van der Waals surface area contributed by atoms with E-state index in [0.29, 0.717) is 17.5 Å². The Morgan fingerprint density at radius 2 is 1.00 bits per heavy atom. The fraction of sp³-hybridized carbons (Fsp3) is 0.0400. The smallest absolute Gasteiger partial charge is 0.164 e. The van der Waals surface area contributed by atoms with Gasteiger partial charge in [-0.05, 0) is 69.3 Å². The number of hydrogen-bond acceptors (Lipinski definition) is 5. The van der Waals surface area contributed by atoms with Crippen molar-refractivity contribution in [2.24, 2.45) is 0 Å². The first-order valence-electron chi connectivity index (χ1n) is 18.7. The molecule has 258 valence electrons. The highest BCUT2D eigenvalue weighted by molar-refractivity contribution is 6.21. The van der Waals surface area contributed by atoms with E-state index in [1.54, 1.807) is 0 Å². The molecule has 3 heterocycles. The lowest BCUT2D eigenvalue weighted by atomic mass is 9.90. The summed E-state index contributed by atoms with van der Waals surface area (Å²) >= 11 is 0. The van der Waals surface area contributed by atoms with E-state index in [2.05, 4.69) is 97.1 Å². The maximum Gasteiger partial charge on any atom is 0.164 e. The van der Waals surface area contributed by atoms with Crippen molar-refractivity contribution in [2.75, 3.05) is 0 Å². The van der Waals surface area contributed by atoms with Crippen molar-refractivity contribution in [3.05, 3.63) is 181 Å². The van der Waals surface area contributed by atoms with Crippen LogP contribution in [-0.4, -0.2) is 19.9 Å². The molecule has 0 fully saturated rings. The minimum atomic E-state index is 0.664. The van der Waals surface area contributed by atoms with Gasteiger partial charge in [0.2, 0.25) is 0 Å². The van der Waals surface area contributed by atoms with Crippen LogP contribution in [0.4, 0.5) is 0 Å². The van der Waals surface area contributed by atoms with Crippen molar-refractivity contribution in [3.8, 4) is 33.9 Å². The van der Waals surface area contributed by atoms with Gasteiger partial charge in [0, 0.05) is 27.5 Å². The second kappa shape index (κ2) is 12.7. The summed E-state index contributed by atoms with van der Waals surface area (Å²) in [5, 5.41) is 8.00. The second-order valence-corrected chi connectivity index (χ2v) is 14.1. The average molecular weight is 705 g/mol. The third-order valence-corrected chi connectivity index (χ3v) is 10.8. The number of aromatic nitrogens is 4. The molecule has 11 rings (SSSR count). The van der Waals surface area contributed by atoms with Gasteiger partial charge in [0.15, 0.2) is 17.5 Å². The summed E-state index contributed by atoms with van der Waals surface area (Å²) in [5.74, 6) is 2.02. The van der Waals surface area contributed by atoms with E-state index in [0.717, 1.165) is 84.8 Å². The van der Waals surface area contributed by atoms with Crippen LogP contribution in [0.3, 0.4) is 0 Å². The fourth-order valence-electron chi connectivity index (χ4n) is 8.18. The summed E-state index contributed by atoms with van der Waals surface area (Å²) in [6.07, 6.45) is 5.90. The molecule has 0 aliphatic heterocycles. The zero-order chi connectivity index (χ0) is 36.3. The number of fused-ring (bicyclic) bond motifs is 8. The first-order chi connectivity index (χ1) is 27.3. The zero-order valence-electron chi connectivity index (χ0n) is 29.8. The van der Waals surface area contributed by atoms with Crippen LogP contribution in [-0.2, 0) is 0 Å². The van der Waals surface area contributed by atoms with Gasteiger partial charge in [0.25, 0.3) is 0 Å². The number of allylic oxidation sites excluding steroid dienone is 4. The molecule has 3 aromatic heterocycles. The van der Waals surface area contributed by atoms with Crippen LogP contribution in [0, 0.1) is 0 Å². The summed E-state index contributed by atoms with van der Waals surface area (Å²) < 4.78 is 6.74. The van der Waals surface area contributed by atoms with Crippen LogP contribution in [0.1, 0.15) is 24.4 Å². The van der Waals surface area contributed by atoms with Crippen LogP contribution in [0.15, 0.2) is 174 Å². The molecular weight excluding hydrogens is 673 g/mol. The summed E-state index contributed by atoms with van der Waals surface area (Å²) in [5.41, 5.74) is 9.98. The maximum absolute atomic E-state index is 6.74. The summed E-state index contributed by atoms with van der Waals surface area (Å²) in [7, 11) is 0. The molecule has 0 atom stereocenters. The van der Waals surface area contributed by atoms with Gasteiger partial charge >= 0.3 is 0 Å². The molecule has 0 saturated carbocycles. The van der Waals surface area contributed by atoms with Gasteiger partial charge in [-0.25, -0.2) is 19.9 Å². The molecule has 1 aliphatic carbocycles. The van der Waals surface area contributed by atoms with Crippen molar-refractivity contribution in [3.63, 3.8) is 0 Å². The Morgan fingerprint density at radius 3 is 1.73 bits per heavy atom. The van der Waals surface area contributed by atoms with E-state index in [9.17, 15) is 0 Å². The molecule has 0 amide bonds. The Morgan fingerprint density at radius 1 is 0.418 bits per heavy atom. The minimum Gasteiger partial charge on any atom is -0.455 e. The fourth-order valence-corrected chi connectivity index (χ4v) is 8.18. The van der Waals surface area contributed by atoms with Crippen molar-refractivity contribution >= 4 is 65.5 Å². The summed E-state index contributed by atoms with van der Waals surface area (Å²) in [6, 6.07) is 54.6. The van der Waals surface area contributed by atoms with Crippen molar-refractivity contribution in [1.29, 1.82) is 0 Å². The highest BCUT2D eigenvalue weighted by atomic mass is 16.3. The van der Waals surface area contributed by atoms with Crippen molar-refractivity contribution in [1.82, 2.24) is 19.9 Å². The van der Waals surface area contributed by atoms with E-state index < -0.39 is 0 Å². The molecule has 7 aromatic carbocycles. The first kappa shape index (κ1) is 31.3. The van der Waals surface area contributed by atoms with Crippen molar-refractivity contribution < 1.29 is 4.42 Å². The number of furan rings is 1. The topological polar surface area (TPSA) is 64.7 Å². The van der Waals surface area contributed by atoms with Gasteiger partial charge in [0.05, 0.1) is 16.6 Å². The quantitative estimate of drug-likeness (QED) is 0.167. The van der Waals surface area contributed by atoms with Gasteiger partial charge < -0.3 is 4.42 Å². The highest BCUT2D eigenvalue weighted by Gasteiger charge is 2.23. The van der Waals surface area contributed by atoms with E-state index in [1.807, 2.05) is 72.8 Å². The number of pyridine rings is 1. The van der Waals surface area contributed by atoms with E-state index >= 15 is 0 Å². The monoisotopic (exact) mass is 704 g/mol. The van der Waals surface area contributed by atoms with Crippen LogP contribution >= 0.6 is 0 Å². The molecule has 0 spiro atoms. The predicted molar refractivity (Wildman–Crippen MR) is 225 cm³/mol. The molecule has 0 radical (unpaired) electrons. The Labute approximate surface area is 317 Å². The molecule has 55 heavy (non-hydrogen) atoms. The molecule has 1 aliphatic rings. The largest absolute Gasteiger partial charge is 0.455 e. The molecule has 0 N–H and O–H groups in total. The van der Waals surface area contributed by atoms with E-state index in [-0.39, 0.29) is 0 Å². The van der Waals surface area contributed by atoms with Gasteiger partial charge in [-0.2, -0.15) is 0 Å². The summed E-state index contributed by atoms with van der Waals surface area (Å²) in [4.78, 5) is 20.6. The lowest BCUT2D eigenvalue weighted by molar-refractivity contribution is 0.672. The highest BCUT2D eigenvalue weighted by Crippen LogP contribution is 2.44. The number of para-hydroxylation sites is 2. The average Bonchev–Trinajstić information content (AvgIpc) is 3.66. The molecule has 0 saturated heterocycles. The third-order valence-electron chi connectivity index (χ3n) is 10.8. The number of hydrogen-bond donors (Lipinski definition) is 0. The second-order valence-electron chi connectivity index (χ2n) is 14.1. The number of nitrogens with zero attached hydrogens (tertiary/aromatic N) is 4. The molecule has 5 heteroatoms. The van der Waals surface area contributed by atoms with Gasteiger partial charge in [-0.3, -0.25) is 0 Å². The van der Waals surface area contributed by atoms with Crippen molar-refractivity contribution in [2.45, 2.75) is 12.8 Å². The summed E-state index contributed by atoms with van der Waals surface area (Å²) in [6.45, 7) is 0. The van der Waals surface area contributed by atoms with Crippen LogP contribution in [0.25, 0.3) is 99.4 Å². The molecular formula is C50H32N4O. The minimum absolute atomic E-state index is 0.664. The van der Waals surface area contributed by atoms with Gasteiger partial charge in [-0.15, -0.1) is 0 Å². The Kier molecular flexibility index (Phi) is 7.24. The lowest BCUT2D eigenvalue weighted by Crippen LogP contribution is -2.05. The Balaban J connectivity index is 1.12. The standard InChI is InChI=1S/C50H32N4O/c1-3-14-32(15-4-1)48-52-49(33-16-5-2-6-17-33)54-50(53-48)34-28-26-31(27-29-34)45-44-40-22-11-12-25-43(40)55-47(44)41-24-13-23-39(46(41)51-45)42-30-35-18-7-8-19-36(35)37-20-9-10-21-38(37)42/h1-26,28,30H,27,29H2. The van der Waals surface area contributed by atoms with E-state index in [1.165, 1.54) is 21.5 Å². The first-order valence-corrected chi connectivity index (χ1v) is 18.7. The third kappa shape index (κ3) is 5.24. The molecule has 10 aromatic rings. The molecule has 0 unspecified atom stereocenters. The Hall–Kier alpha value is -7.24. The van der Waals surface area contributed by atoms with Crippen LogP contribution in [0.2, 0.25) is 0 Å². The van der Waals surface area contributed by atoms with Crippen LogP contribution < -0.4 is 0 Å².